The number of allylic oxidation sites excluding steroid dienone is 3. The number of alkyl halides is 2. The number of rotatable bonds is 4. The van der Waals surface area contributed by atoms with E-state index in [4.69, 9.17) is 9.47 Å². The number of carbonyl (C=O) groups excluding carboxylic acids is 2. The first-order chi connectivity index (χ1) is 16.5. The second-order valence-electron chi connectivity index (χ2n) is 12.1. The van der Waals surface area contributed by atoms with Crippen molar-refractivity contribution < 1.29 is 42.9 Å². The second-order valence-corrected chi connectivity index (χ2v) is 12.1. The third-order valence-electron chi connectivity index (χ3n) is 10.1. The van der Waals surface area contributed by atoms with Crippen molar-refractivity contribution in [3.8, 4) is 0 Å². The molecule has 0 aliphatic heterocycles. The minimum Gasteiger partial charge on any atom is -0.508 e. The lowest BCUT2D eigenvalue weighted by Crippen LogP contribution is -2.67. The van der Waals surface area contributed by atoms with Crippen LogP contribution >= 0.6 is 0 Å². The molecule has 36 heavy (non-hydrogen) atoms. The highest BCUT2D eigenvalue weighted by Gasteiger charge is 2.77. The molecule has 0 aromatic rings. The van der Waals surface area contributed by atoms with E-state index >= 15 is 8.78 Å². The molecule has 4 aliphatic rings. The molecule has 3 fully saturated rings. The monoisotopic (exact) mass is 510 g/mol. The van der Waals surface area contributed by atoms with Crippen molar-refractivity contribution in [2.45, 2.75) is 96.7 Å². The van der Waals surface area contributed by atoms with Crippen LogP contribution in [0.1, 0.15) is 73.6 Å². The maximum absolute atomic E-state index is 17.2. The Labute approximate surface area is 209 Å². The Morgan fingerprint density at radius 3 is 2.39 bits per heavy atom. The van der Waals surface area contributed by atoms with Crippen LogP contribution in [0.15, 0.2) is 23.5 Å². The Hall–Kier alpha value is -2.45. The van der Waals surface area contributed by atoms with Crippen molar-refractivity contribution in [2.75, 3.05) is 0 Å². The van der Waals surface area contributed by atoms with Crippen LogP contribution in [0.2, 0.25) is 0 Å². The van der Waals surface area contributed by atoms with Crippen LogP contribution in [0.25, 0.3) is 0 Å². The number of ether oxygens (including phenoxy) is 2. The van der Waals surface area contributed by atoms with Crippen LogP contribution in [-0.4, -0.2) is 51.2 Å². The number of carbonyl (C=O) groups is 3. The molecule has 3 saturated carbocycles. The average molecular weight is 511 g/mol. The number of carboxylic acids is 1. The third-order valence-corrected chi connectivity index (χ3v) is 10.1. The quantitative estimate of drug-likeness (QED) is 0.472. The Bertz CT molecular complexity index is 1070. The van der Waals surface area contributed by atoms with Crippen LogP contribution < -0.4 is 0 Å². The van der Waals surface area contributed by atoms with Gasteiger partial charge in [-0.15, -0.1) is 0 Å². The highest BCUT2D eigenvalue weighted by molar-refractivity contribution is 6.00. The fourth-order valence-corrected chi connectivity index (χ4v) is 7.67. The van der Waals surface area contributed by atoms with Gasteiger partial charge >= 0.3 is 12.1 Å². The maximum Gasteiger partial charge on any atom is 0.509 e. The Morgan fingerprint density at radius 1 is 1.17 bits per heavy atom. The number of hydrogen-bond acceptors (Lipinski definition) is 6. The molecule has 0 saturated heterocycles. The summed E-state index contributed by atoms with van der Waals surface area (Å²) in [6.07, 6.45) is -0.518. The van der Waals surface area contributed by atoms with Gasteiger partial charge in [0, 0.05) is 23.3 Å². The molecule has 0 aromatic heterocycles. The lowest BCUT2D eigenvalue weighted by Gasteiger charge is -2.61. The molecule has 4 aliphatic carbocycles. The van der Waals surface area contributed by atoms with Gasteiger partial charge in [-0.05, 0) is 70.4 Å². The molecule has 0 aromatic carbocycles. The van der Waals surface area contributed by atoms with Crippen LogP contribution in [0.5, 0.6) is 0 Å². The van der Waals surface area contributed by atoms with Crippen molar-refractivity contribution in [3.63, 3.8) is 0 Å². The summed E-state index contributed by atoms with van der Waals surface area (Å²) >= 11 is 0. The summed E-state index contributed by atoms with van der Waals surface area (Å²) in [6.45, 7) is 9.89. The number of fused-ring (bicyclic) bond motifs is 5. The van der Waals surface area contributed by atoms with Gasteiger partial charge in [0.25, 0.3) is 0 Å². The molecule has 9 heteroatoms. The molecule has 8 atom stereocenters. The number of aliphatic hydroxyl groups is 1. The van der Waals surface area contributed by atoms with Gasteiger partial charge in [-0.1, -0.05) is 20.8 Å². The Balaban J connectivity index is 1.77. The van der Waals surface area contributed by atoms with E-state index in [9.17, 15) is 24.6 Å². The minimum absolute atomic E-state index is 0.00849. The van der Waals surface area contributed by atoms with E-state index in [1.165, 1.54) is 6.92 Å². The molecule has 2 N–H and O–H groups in total. The van der Waals surface area contributed by atoms with Gasteiger partial charge in [0.15, 0.2) is 5.78 Å². The minimum atomic E-state index is -2.15. The summed E-state index contributed by atoms with van der Waals surface area (Å²) in [7, 11) is 0. The van der Waals surface area contributed by atoms with E-state index in [2.05, 4.69) is 0 Å². The van der Waals surface area contributed by atoms with Gasteiger partial charge in [-0.25, -0.2) is 18.4 Å². The van der Waals surface area contributed by atoms with E-state index in [1.54, 1.807) is 27.7 Å². The van der Waals surface area contributed by atoms with Crippen molar-refractivity contribution in [1.29, 1.82) is 0 Å². The summed E-state index contributed by atoms with van der Waals surface area (Å²) in [5.41, 5.74) is -8.14. The first kappa shape index (κ1) is 26.6. The fraction of sp³-hybridized carbons (Fsp3) is 0.741. The fourth-order valence-electron chi connectivity index (χ4n) is 7.67. The van der Waals surface area contributed by atoms with Crippen LogP contribution in [0.4, 0.5) is 13.6 Å². The predicted octanol–water partition coefficient (Wildman–Crippen LogP) is 5.63. The summed E-state index contributed by atoms with van der Waals surface area (Å²) in [4.78, 5) is 38.8. The zero-order chi connectivity index (χ0) is 27.1. The lowest BCUT2D eigenvalue weighted by atomic mass is 9.44. The topological polar surface area (TPSA) is 110 Å². The lowest BCUT2D eigenvalue weighted by molar-refractivity contribution is -0.208. The maximum atomic E-state index is 17.2. The molecule has 200 valence electrons. The standard InChI is InChI=1S/C27H36F2O7/c1-7-23(3,4)35-22(34)36-27(21(32)33)14(2)10-16-17-13-19(28)18-11-15(30)12-20(31)25(18,6)26(17,29)9-8-24(16,27)5/h11-12,14,16-17,19,30H,7-10,13H2,1-6H3,(H,32,33)/t14-,16+,17+,19+,24+,25-,26?,27-/m1/s1. The number of ketones is 1. The molecule has 1 unspecified atom stereocenters. The normalized spacial score (nSPS) is 43.9. The SMILES string of the molecule is CCC(C)(C)OC(=O)O[C@@]1(C(=O)O)[C@H](C)C[C@H]2[C@@H]3C[C@H](F)C4=CC(O)=CC(=O)[C@]4(C)C3(F)CC[C@@]21C. The van der Waals surface area contributed by atoms with E-state index in [1.807, 2.05) is 6.92 Å². The van der Waals surface area contributed by atoms with Crippen molar-refractivity contribution in [1.82, 2.24) is 0 Å². The van der Waals surface area contributed by atoms with Gasteiger partial charge in [-0.3, -0.25) is 4.79 Å². The van der Waals surface area contributed by atoms with E-state index < -0.39 is 75.3 Å². The number of hydrogen-bond donors (Lipinski definition) is 2. The second kappa shape index (κ2) is 8.02. The first-order valence-electron chi connectivity index (χ1n) is 12.7. The summed E-state index contributed by atoms with van der Waals surface area (Å²) < 4.78 is 43.9. The van der Waals surface area contributed by atoms with Gasteiger partial charge in [0.1, 0.15) is 23.2 Å². The third kappa shape index (κ3) is 3.23. The molecular formula is C27H36F2O7. The molecule has 0 spiro atoms. The van der Waals surface area contributed by atoms with Crippen molar-refractivity contribution >= 4 is 17.9 Å². The number of carboxylic acid groups (broad SMARTS) is 1. The van der Waals surface area contributed by atoms with Crippen molar-refractivity contribution in [2.24, 2.45) is 28.6 Å². The number of halogens is 2. The van der Waals surface area contributed by atoms with E-state index in [0.717, 1.165) is 12.2 Å². The molecule has 0 heterocycles. The molecule has 0 radical (unpaired) electrons. The highest BCUT2D eigenvalue weighted by Crippen LogP contribution is 2.71. The molecule has 4 rings (SSSR count). The average Bonchev–Trinajstić information content (AvgIpc) is 2.99. The van der Waals surface area contributed by atoms with Gasteiger partial charge in [0.05, 0.1) is 5.41 Å². The largest absolute Gasteiger partial charge is 0.509 e. The van der Waals surface area contributed by atoms with Gasteiger partial charge in [-0.2, -0.15) is 0 Å². The van der Waals surface area contributed by atoms with Gasteiger partial charge < -0.3 is 19.7 Å². The number of aliphatic hydroxyl groups excluding tert-OH is 1. The summed E-state index contributed by atoms with van der Waals surface area (Å²) in [6, 6.07) is 0. The van der Waals surface area contributed by atoms with E-state index in [-0.39, 0.29) is 31.3 Å². The van der Waals surface area contributed by atoms with Gasteiger partial charge in [0.2, 0.25) is 5.60 Å². The van der Waals surface area contributed by atoms with E-state index in [0.29, 0.717) is 6.42 Å². The first-order valence-corrected chi connectivity index (χ1v) is 12.7. The number of aliphatic carboxylic acids is 1. The zero-order valence-corrected chi connectivity index (χ0v) is 21.7. The predicted molar refractivity (Wildman–Crippen MR) is 126 cm³/mol. The van der Waals surface area contributed by atoms with Crippen LogP contribution in [0, 0.1) is 28.6 Å². The molecule has 7 nitrogen and oxygen atoms in total. The van der Waals surface area contributed by atoms with Crippen LogP contribution in [-0.2, 0) is 19.1 Å². The Morgan fingerprint density at radius 2 is 1.81 bits per heavy atom. The molecule has 0 bridgehead atoms. The summed E-state index contributed by atoms with van der Waals surface area (Å²) in [5, 5.41) is 20.4. The Kier molecular flexibility index (Phi) is 5.93. The zero-order valence-electron chi connectivity index (χ0n) is 21.7. The van der Waals surface area contributed by atoms with Crippen molar-refractivity contribution in [3.05, 3.63) is 23.5 Å². The summed E-state index contributed by atoms with van der Waals surface area (Å²) in [5.74, 6) is -4.82. The molecule has 0 amide bonds. The molecular weight excluding hydrogens is 474 g/mol. The van der Waals surface area contributed by atoms with Crippen LogP contribution in [0.3, 0.4) is 0 Å². The highest BCUT2D eigenvalue weighted by atomic mass is 19.1. The smallest absolute Gasteiger partial charge is 0.508 e.